The first-order valence-corrected chi connectivity index (χ1v) is 7.55. The van der Waals surface area contributed by atoms with Gasteiger partial charge >= 0.3 is 0 Å². The molecule has 0 N–H and O–H groups in total. The van der Waals surface area contributed by atoms with Gasteiger partial charge in [0.1, 0.15) is 0 Å². The zero-order valence-corrected chi connectivity index (χ0v) is 11.9. The number of carbonyl (C=O) groups excluding carboxylic acids is 1. The topological polar surface area (TPSA) is 20.3 Å². The van der Waals surface area contributed by atoms with Gasteiger partial charge < -0.3 is 4.90 Å². The Labute approximate surface area is 115 Å². The lowest BCUT2D eigenvalue weighted by atomic mass is 9.78. The second kappa shape index (κ2) is 4.99. The first-order valence-electron chi connectivity index (χ1n) is 7.55. The molecule has 2 heteroatoms. The van der Waals surface area contributed by atoms with Gasteiger partial charge in [0.25, 0.3) is 0 Å². The number of hydrogen-bond donors (Lipinski definition) is 0. The van der Waals surface area contributed by atoms with E-state index in [2.05, 4.69) is 30.9 Å². The average Bonchev–Trinajstić information content (AvgIpc) is 2.43. The molecule has 1 aliphatic heterocycles. The number of Topliss-reactive ketones (excluding diaryl/α,β-unsaturated/α-hetero) is 1. The molecule has 19 heavy (non-hydrogen) atoms. The molecule has 0 bridgehead atoms. The number of anilines is 1. The molecule has 1 aliphatic carbocycles. The summed E-state index contributed by atoms with van der Waals surface area (Å²) in [6, 6.07) is 8.76. The maximum atomic E-state index is 12.0. The van der Waals surface area contributed by atoms with Crippen LogP contribution in [0, 0.1) is 11.8 Å². The van der Waals surface area contributed by atoms with Gasteiger partial charge in [0, 0.05) is 30.3 Å². The Morgan fingerprint density at radius 1 is 1.11 bits per heavy atom. The van der Waals surface area contributed by atoms with E-state index in [-0.39, 0.29) is 0 Å². The van der Waals surface area contributed by atoms with Crippen molar-refractivity contribution in [1.29, 1.82) is 0 Å². The minimum Gasteiger partial charge on any atom is -0.367 e. The summed E-state index contributed by atoms with van der Waals surface area (Å²) in [6.07, 6.45) is 4.54. The standard InChI is InChI=1S/C17H23NO/c1-12-7-8-14(11-13(12)2)18-10-9-17(19)15-5-3-4-6-16(15)18/h3-6,12-14H,7-11H2,1-2H3. The molecule has 0 amide bonds. The highest BCUT2D eigenvalue weighted by Gasteiger charge is 2.32. The lowest BCUT2D eigenvalue weighted by Crippen LogP contribution is -2.44. The highest BCUT2D eigenvalue weighted by atomic mass is 16.1. The number of ketones is 1. The Bertz CT molecular complexity index is 482. The molecule has 0 radical (unpaired) electrons. The Hall–Kier alpha value is -1.31. The van der Waals surface area contributed by atoms with Crippen LogP contribution >= 0.6 is 0 Å². The van der Waals surface area contributed by atoms with E-state index in [1.807, 2.05) is 12.1 Å². The molecule has 1 aromatic rings. The van der Waals surface area contributed by atoms with Crippen molar-refractivity contribution < 1.29 is 4.79 Å². The molecule has 1 aromatic carbocycles. The summed E-state index contributed by atoms with van der Waals surface area (Å²) in [5.74, 6) is 1.95. The predicted molar refractivity (Wildman–Crippen MR) is 78.7 cm³/mol. The number of hydrogen-bond acceptors (Lipinski definition) is 2. The van der Waals surface area contributed by atoms with Gasteiger partial charge in [-0.3, -0.25) is 4.79 Å². The van der Waals surface area contributed by atoms with Crippen molar-refractivity contribution >= 4 is 11.5 Å². The van der Waals surface area contributed by atoms with Gasteiger partial charge in [0.2, 0.25) is 0 Å². The third-order valence-electron chi connectivity index (χ3n) is 5.10. The van der Waals surface area contributed by atoms with E-state index < -0.39 is 0 Å². The summed E-state index contributed by atoms with van der Waals surface area (Å²) in [6.45, 7) is 5.65. The van der Waals surface area contributed by atoms with E-state index in [0.717, 1.165) is 23.9 Å². The van der Waals surface area contributed by atoms with Crippen LogP contribution in [-0.4, -0.2) is 18.4 Å². The van der Waals surface area contributed by atoms with Crippen molar-refractivity contribution in [2.24, 2.45) is 11.8 Å². The summed E-state index contributed by atoms with van der Waals surface area (Å²) in [5.41, 5.74) is 2.10. The largest absolute Gasteiger partial charge is 0.367 e. The van der Waals surface area contributed by atoms with Crippen molar-refractivity contribution in [3.05, 3.63) is 29.8 Å². The van der Waals surface area contributed by atoms with E-state index >= 15 is 0 Å². The minimum atomic E-state index is 0.309. The second-order valence-electron chi connectivity index (χ2n) is 6.31. The Kier molecular flexibility index (Phi) is 3.34. The Morgan fingerprint density at radius 2 is 1.89 bits per heavy atom. The van der Waals surface area contributed by atoms with E-state index in [4.69, 9.17) is 0 Å². The number of para-hydroxylation sites is 1. The summed E-state index contributed by atoms with van der Waals surface area (Å²) >= 11 is 0. The van der Waals surface area contributed by atoms with E-state index in [1.165, 1.54) is 24.9 Å². The second-order valence-corrected chi connectivity index (χ2v) is 6.31. The van der Waals surface area contributed by atoms with Gasteiger partial charge in [-0.1, -0.05) is 26.0 Å². The molecule has 2 nitrogen and oxygen atoms in total. The zero-order chi connectivity index (χ0) is 13.4. The van der Waals surface area contributed by atoms with Crippen molar-refractivity contribution in [1.82, 2.24) is 0 Å². The van der Waals surface area contributed by atoms with Crippen molar-refractivity contribution in [3.8, 4) is 0 Å². The van der Waals surface area contributed by atoms with Gasteiger partial charge in [0.05, 0.1) is 0 Å². The van der Waals surface area contributed by atoms with Crippen LogP contribution in [0.3, 0.4) is 0 Å². The Morgan fingerprint density at radius 3 is 2.68 bits per heavy atom. The fraction of sp³-hybridized carbons (Fsp3) is 0.588. The number of carbonyl (C=O) groups is 1. The zero-order valence-electron chi connectivity index (χ0n) is 11.9. The summed E-state index contributed by atoms with van der Waals surface area (Å²) < 4.78 is 0. The van der Waals surface area contributed by atoms with Crippen LogP contribution < -0.4 is 4.90 Å². The third kappa shape index (κ3) is 2.29. The number of benzene rings is 1. The van der Waals surface area contributed by atoms with Crippen LogP contribution in [0.25, 0.3) is 0 Å². The van der Waals surface area contributed by atoms with E-state index in [0.29, 0.717) is 18.2 Å². The molecule has 1 saturated carbocycles. The van der Waals surface area contributed by atoms with E-state index in [9.17, 15) is 4.79 Å². The molecule has 0 saturated heterocycles. The van der Waals surface area contributed by atoms with Crippen molar-refractivity contribution in [3.63, 3.8) is 0 Å². The number of rotatable bonds is 1. The fourth-order valence-electron chi connectivity index (χ4n) is 3.62. The molecule has 1 heterocycles. The van der Waals surface area contributed by atoms with Gasteiger partial charge in [-0.15, -0.1) is 0 Å². The van der Waals surface area contributed by atoms with Gasteiger partial charge in [0.15, 0.2) is 5.78 Å². The molecule has 3 unspecified atom stereocenters. The quantitative estimate of drug-likeness (QED) is 0.760. The molecule has 102 valence electrons. The average molecular weight is 257 g/mol. The van der Waals surface area contributed by atoms with Crippen LogP contribution in [0.1, 0.15) is 49.9 Å². The highest BCUT2D eigenvalue weighted by Crippen LogP contribution is 2.37. The van der Waals surface area contributed by atoms with Crippen molar-refractivity contribution in [2.75, 3.05) is 11.4 Å². The third-order valence-corrected chi connectivity index (χ3v) is 5.10. The lowest BCUT2D eigenvalue weighted by Gasteiger charge is -2.42. The SMILES string of the molecule is CC1CCC(N2CCC(=O)c3ccccc32)CC1C. The number of nitrogens with zero attached hydrogens (tertiary/aromatic N) is 1. The van der Waals surface area contributed by atoms with Crippen LogP contribution in [-0.2, 0) is 0 Å². The van der Waals surface area contributed by atoms with Gasteiger partial charge in [-0.05, 0) is 43.2 Å². The van der Waals surface area contributed by atoms with E-state index in [1.54, 1.807) is 0 Å². The van der Waals surface area contributed by atoms with Crippen LogP contribution in [0.2, 0.25) is 0 Å². The monoisotopic (exact) mass is 257 g/mol. The first kappa shape index (κ1) is 12.7. The maximum Gasteiger partial charge on any atom is 0.166 e. The van der Waals surface area contributed by atoms with Crippen LogP contribution in [0.5, 0.6) is 0 Å². The summed E-state index contributed by atoms with van der Waals surface area (Å²) in [5, 5.41) is 0. The summed E-state index contributed by atoms with van der Waals surface area (Å²) in [7, 11) is 0. The first-order chi connectivity index (χ1) is 9.16. The smallest absolute Gasteiger partial charge is 0.166 e. The lowest BCUT2D eigenvalue weighted by molar-refractivity contribution is 0.0977. The van der Waals surface area contributed by atoms with Crippen LogP contribution in [0.4, 0.5) is 5.69 Å². The maximum absolute atomic E-state index is 12.0. The molecule has 0 aromatic heterocycles. The highest BCUT2D eigenvalue weighted by molar-refractivity contribution is 6.03. The van der Waals surface area contributed by atoms with Gasteiger partial charge in [-0.25, -0.2) is 0 Å². The molecular formula is C17H23NO. The molecule has 2 aliphatic rings. The predicted octanol–water partition coefficient (Wildman–Crippen LogP) is 3.90. The molecule has 3 atom stereocenters. The van der Waals surface area contributed by atoms with Gasteiger partial charge in [-0.2, -0.15) is 0 Å². The fourth-order valence-corrected chi connectivity index (χ4v) is 3.62. The summed E-state index contributed by atoms with van der Waals surface area (Å²) in [4.78, 5) is 14.5. The molecule has 3 rings (SSSR count). The molecular weight excluding hydrogens is 234 g/mol. The minimum absolute atomic E-state index is 0.309. The number of fused-ring (bicyclic) bond motifs is 1. The molecule has 0 spiro atoms. The normalized spacial score (nSPS) is 31.2. The van der Waals surface area contributed by atoms with Crippen molar-refractivity contribution in [2.45, 2.75) is 45.6 Å². The Balaban J connectivity index is 1.86. The molecule has 1 fully saturated rings. The van der Waals surface area contributed by atoms with Crippen LogP contribution in [0.15, 0.2) is 24.3 Å².